The number of hydrogen-bond acceptors (Lipinski definition) is 4. The third kappa shape index (κ3) is 3.09. The van der Waals surface area contributed by atoms with Crippen molar-refractivity contribution in [2.75, 3.05) is 6.54 Å². The van der Waals surface area contributed by atoms with E-state index >= 15 is 0 Å². The van der Waals surface area contributed by atoms with Gasteiger partial charge in [0, 0.05) is 5.38 Å². The maximum absolute atomic E-state index is 5.86. The quantitative estimate of drug-likeness (QED) is 0.901. The van der Waals surface area contributed by atoms with Crippen LogP contribution in [0.25, 0.3) is 0 Å². The largest absolute Gasteiger partial charge is 0.487 e. The summed E-state index contributed by atoms with van der Waals surface area (Å²) < 4.78 is 5.86. The molecule has 18 heavy (non-hydrogen) atoms. The molecule has 2 aromatic rings. The van der Waals surface area contributed by atoms with Crippen molar-refractivity contribution in [1.82, 2.24) is 4.98 Å². The van der Waals surface area contributed by atoms with Gasteiger partial charge >= 0.3 is 0 Å². The molecule has 0 aliphatic rings. The maximum Gasteiger partial charge on any atom is 0.131 e. The molecule has 0 bridgehead atoms. The highest BCUT2D eigenvalue weighted by atomic mass is 32.1. The van der Waals surface area contributed by atoms with E-state index in [9.17, 15) is 0 Å². The van der Waals surface area contributed by atoms with Gasteiger partial charge in [-0.1, -0.05) is 12.1 Å². The van der Waals surface area contributed by atoms with E-state index in [-0.39, 0.29) is 0 Å². The fourth-order valence-corrected chi connectivity index (χ4v) is 2.58. The summed E-state index contributed by atoms with van der Waals surface area (Å²) in [5.74, 6) is 0.962. The van der Waals surface area contributed by atoms with Crippen LogP contribution in [0.5, 0.6) is 5.75 Å². The number of nitrogens with zero attached hydrogens (tertiary/aromatic N) is 1. The number of thiazole rings is 1. The summed E-state index contributed by atoms with van der Waals surface area (Å²) >= 11 is 1.59. The van der Waals surface area contributed by atoms with Crippen molar-refractivity contribution in [2.45, 2.75) is 26.9 Å². The van der Waals surface area contributed by atoms with Gasteiger partial charge in [0.15, 0.2) is 0 Å². The summed E-state index contributed by atoms with van der Waals surface area (Å²) in [6.45, 7) is 5.35. The van der Waals surface area contributed by atoms with Crippen LogP contribution in [0, 0.1) is 13.8 Å². The van der Waals surface area contributed by atoms with Gasteiger partial charge in [-0.3, -0.25) is 0 Å². The van der Waals surface area contributed by atoms with E-state index in [1.807, 2.05) is 10.9 Å². The van der Waals surface area contributed by atoms with Crippen LogP contribution in [0.3, 0.4) is 0 Å². The van der Waals surface area contributed by atoms with Crippen molar-refractivity contribution < 1.29 is 4.74 Å². The first-order valence-corrected chi connectivity index (χ1v) is 6.95. The third-order valence-electron chi connectivity index (χ3n) is 2.80. The second-order valence-electron chi connectivity index (χ2n) is 4.37. The van der Waals surface area contributed by atoms with E-state index in [2.05, 4.69) is 31.0 Å². The summed E-state index contributed by atoms with van der Waals surface area (Å²) in [6.07, 6.45) is 0.911. The van der Waals surface area contributed by atoms with Crippen molar-refractivity contribution in [2.24, 2.45) is 5.73 Å². The number of ether oxygens (including phenoxy) is 1. The zero-order valence-corrected chi connectivity index (χ0v) is 11.6. The fourth-order valence-electron chi connectivity index (χ4n) is 2.03. The second-order valence-corrected chi connectivity index (χ2v) is 5.08. The van der Waals surface area contributed by atoms with Crippen molar-refractivity contribution in [3.05, 3.63) is 45.4 Å². The SMILES string of the molecule is Cc1cc(CCN)cc(C)c1OCc1cscn1. The lowest BCUT2D eigenvalue weighted by atomic mass is 10.0. The normalized spacial score (nSPS) is 10.6. The van der Waals surface area contributed by atoms with Crippen LogP contribution in [0.2, 0.25) is 0 Å². The van der Waals surface area contributed by atoms with Crippen molar-refractivity contribution in [3.8, 4) is 5.75 Å². The van der Waals surface area contributed by atoms with Crippen molar-refractivity contribution in [3.63, 3.8) is 0 Å². The number of hydrogen-bond donors (Lipinski definition) is 1. The second kappa shape index (κ2) is 5.98. The summed E-state index contributed by atoms with van der Waals surface area (Å²) in [5.41, 5.74) is 12.0. The molecule has 0 aliphatic carbocycles. The van der Waals surface area contributed by atoms with Gasteiger partial charge in [-0.15, -0.1) is 11.3 Å². The standard InChI is InChI=1S/C14H18N2OS/c1-10-5-12(3-4-15)6-11(2)14(10)17-7-13-8-18-9-16-13/h5-6,8-9H,3-4,7,15H2,1-2H3. The van der Waals surface area contributed by atoms with Crippen LogP contribution in [0.1, 0.15) is 22.4 Å². The Morgan fingerprint density at radius 2 is 2.00 bits per heavy atom. The van der Waals surface area contributed by atoms with Gasteiger partial charge in [0.25, 0.3) is 0 Å². The van der Waals surface area contributed by atoms with E-state index in [1.54, 1.807) is 11.3 Å². The first-order valence-electron chi connectivity index (χ1n) is 6.00. The summed E-state index contributed by atoms with van der Waals surface area (Å²) in [5, 5.41) is 2.01. The summed E-state index contributed by atoms with van der Waals surface area (Å²) in [6, 6.07) is 4.30. The van der Waals surface area contributed by atoms with Gasteiger partial charge in [0.1, 0.15) is 12.4 Å². The Morgan fingerprint density at radius 1 is 1.28 bits per heavy atom. The number of rotatable bonds is 5. The van der Waals surface area contributed by atoms with Gasteiger partial charge in [-0.05, 0) is 43.5 Å². The van der Waals surface area contributed by atoms with Crippen molar-refractivity contribution >= 4 is 11.3 Å². The van der Waals surface area contributed by atoms with Gasteiger partial charge in [0.2, 0.25) is 0 Å². The summed E-state index contributed by atoms with van der Waals surface area (Å²) in [7, 11) is 0. The Morgan fingerprint density at radius 3 is 2.56 bits per heavy atom. The van der Waals surface area contributed by atoms with Crippen LogP contribution >= 0.6 is 11.3 Å². The highest BCUT2D eigenvalue weighted by molar-refractivity contribution is 7.07. The molecule has 0 spiro atoms. The molecule has 0 saturated carbocycles. The first-order chi connectivity index (χ1) is 8.70. The molecule has 2 N–H and O–H groups in total. The van der Waals surface area contributed by atoms with Gasteiger partial charge in [-0.25, -0.2) is 4.98 Å². The molecule has 0 unspecified atom stereocenters. The number of aromatic nitrogens is 1. The number of nitrogens with two attached hydrogens (primary N) is 1. The maximum atomic E-state index is 5.86. The van der Waals surface area contributed by atoms with E-state index in [4.69, 9.17) is 10.5 Å². The first kappa shape index (κ1) is 13.1. The highest BCUT2D eigenvalue weighted by Gasteiger charge is 2.07. The molecular weight excluding hydrogens is 244 g/mol. The van der Waals surface area contributed by atoms with E-state index in [0.29, 0.717) is 13.2 Å². The van der Waals surface area contributed by atoms with Crippen LogP contribution in [-0.2, 0) is 13.0 Å². The van der Waals surface area contributed by atoms with Crippen molar-refractivity contribution in [1.29, 1.82) is 0 Å². The van der Waals surface area contributed by atoms with Crippen LogP contribution < -0.4 is 10.5 Å². The minimum atomic E-state index is 0.529. The Hall–Kier alpha value is -1.39. The van der Waals surface area contributed by atoms with Crippen LogP contribution in [-0.4, -0.2) is 11.5 Å². The Kier molecular flexibility index (Phi) is 4.33. The third-order valence-corrected chi connectivity index (χ3v) is 3.44. The van der Waals surface area contributed by atoms with E-state index < -0.39 is 0 Å². The predicted octanol–water partition coefficient (Wildman–Crippen LogP) is 2.84. The Balaban J connectivity index is 2.12. The number of aryl methyl sites for hydroxylation is 2. The zero-order chi connectivity index (χ0) is 13.0. The Bertz CT molecular complexity index is 486. The molecular formula is C14H18N2OS. The number of benzene rings is 1. The molecule has 0 atom stereocenters. The Labute approximate surface area is 112 Å². The molecule has 0 fully saturated rings. The van der Waals surface area contributed by atoms with Gasteiger partial charge in [0.05, 0.1) is 11.2 Å². The lowest BCUT2D eigenvalue weighted by molar-refractivity contribution is 0.298. The molecule has 0 aliphatic heterocycles. The molecule has 0 saturated heterocycles. The zero-order valence-electron chi connectivity index (χ0n) is 10.8. The molecule has 1 aromatic heterocycles. The molecule has 0 amide bonds. The van der Waals surface area contributed by atoms with Gasteiger partial charge in [-0.2, -0.15) is 0 Å². The topological polar surface area (TPSA) is 48.1 Å². The molecule has 96 valence electrons. The van der Waals surface area contributed by atoms with Crippen LogP contribution in [0.15, 0.2) is 23.0 Å². The lowest BCUT2D eigenvalue weighted by Gasteiger charge is -2.13. The highest BCUT2D eigenvalue weighted by Crippen LogP contribution is 2.25. The monoisotopic (exact) mass is 262 g/mol. The van der Waals surface area contributed by atoms with E-state index in [1.165, 1.54) is 5.56 Å². The molecule has 0 radical (unpaired) electrons. The molecule has 2 rings (SSSR count). The van der Waals surface area contributed by atoms with E-state index in [0.717, 1.165) is 29.0 Å². The molecule has 1 heterocycles. The molecule has 4 heteroatoms. The predicted molar refractivity (Wildman–Crippen MR) is 75.1 cm³/mol. The lowest BCUT2D eigenvalue weighted by Crippen LogP contribution is -2.05. The summed E-state index contributed by atoms with van der Waals surface area (Å²) in [4.78, 5) is 4.21. The smallest absolute Gasteiger partial charge is 0.131 e. The minimum Gasteiger partial charge on any atom is -0.487 e. The molecule has 3 nitrogen and oxygen atoms in total. The average molecular weight is 262 g/mol. The van der Waals surface area contributed by atoms with Gasteiger partial charge < -0.3 is 10.5 Å². The average Bonchev–Trinajstić information content (AvgIpc) is 2.81. The molecule has 1 aromatic carbocycles. The van der Waals surface area contributed by atoms with Crippen LogP contribution in [0.4, 0.5) is 0 Å². The fraction of sp³-hybridized carbons (Fsp3) is 0.357. The minimum absolute atomic E-state index is 0.529.